The lowest BCUT2D eigenvalue weighted by Crippen LogP contribution is -2.25. The number of aliphatic hydroxyl groups excluding tert-OH is 1. The van der Waals surface area contributed by atoms with Gasteiger partial charge in [0.1, 0.15) is 5.82 Å². The van der Waals surface area contributed by atoms with E-state index >= 15 is 0 Å². The van der Waals surface area contributed by atoms with E-state index in [0.29, 0.717) is 0 Å². The molecule has 2 atom stereocenters. The first kappa shape index (κ1) is 13.1. The van der Waals surface area contributed by atoms with Crippen molar-refractivity contribution in [3.8, 4) is 0 Å². The maximum Gasteiger partial charge on any atom is 0.175 e. The number of benzene rings is 1. The molecular weight excluding hydrogens is 233 g/mol. The van der Waals surface area contributed by atoms with Crippen molar-refractivity contribution < 1.29 is 17.9 Å². The fourth-order valence-corrected chi connectivity index (χ4v) is 1.89. The molecule has 1 aromatic carbocycles. The molecule has 0 bridgehead atoms. The Morgan fingerprint density at radius 3 is 2.38 bits per heavy atom. The molecule has 90 valence electrons. The van der Waals surface area contributed by atoms with Crippen LogP contribution in [0.2, 0.25) is 0 Å². The number of hydrogen-bond donors (Lipinski definition) is 2. The minimum Gasteiger partial charge on any atom is -0.387 e. The van der Waals surface area contributed by atoms with Gasteiger partial charge in [-0.3, -0.25) is 0 Å². The summed E-state index contributed by atoms with van der Waals surface area (Å²) in [7, 11) is -3.44. The van der Waals surface area contributed by atoms with E-state index < -0.39 is 27.8 Å². The quantitative estimate of drug-likeness (QED) is 0.820. The smallest absolute Gasteiger partial charge is 0.175 e. The summed E-state index contributed by atoms with van der Waals surface area (Å²) in [4.78, 5) is -0.120. The van der Waals surface area contributed by atoms with Gasteiger partial charge in [0.05, 0.1) is 11.0 Å². The van der Waals surface area contributed by atoms with Crippen LogP contribution in [0.15, 0.2) is 23.1 Å². The Balaban J connectivity index is 3.20. The maximum atomic E-state index is 13.5. The number of halogens is 1. The van der Waals surface area contributed by atoms with Crippen LogP contribution >= 0.6 is 0 Å². The van der Waals surface area contributed by atoms with Crippen molar-refractivity contribution in [2.45, 2.75) is 24.0 Å². The monoisotopic (exact) mass is 247 g/mol. The van der Waals surface area contributed by atoms with E-state index in [1.165, 1.54) is 19.1 Å². The van der Waals surface area contributed by atoms with E-state index in [4.69, 9.17) is 5.73 Å². The molecule has 2 unspecified atom stereocenters. The van der Waals surface area contributed by atoms with Crippen molar-refractivity contribution in [1.82, 2.24) is 0 Å². The van der Waals surface area contributed by atoms with Crippen LogP contribution in [-0.4, -0.2) is 25.8 Å². The van der Waals surface area contributed by atoms with Crippen molar-refractivity contribution in [3.63, 3.8) is 0 Å². The van der Waals surface area contributed by atoms with Gasteiger partial charge in [-0.1, -0.05) is 6.07 Å². The van der Waals surface area contributed by atoms with Crippen LogP contribution in [0.4, 0.5) is 4.39 Å². The van der Waals surface area contributed by atoms with Gasteiger partial charge in [-0.25, -0.2) is 12.8 Å². The summed E-state index contributed by atoms with van der Waals surface area (Å²) < 4.78 is 35.8. The Labute approximate surface area is 93.8 Å². The van der Waals surface area contributed by atoms with Crippen LogP contribution in [0, 0.1) is 5.82 Å². The molecule has 4 nitrogen and oxygen atoms in total. The average Bonchev–Trinajstić information content (AvgIpc) is 2.15. The Morgan fingerprint density at radius 2 is 2.00 bits per heavy atom. The molecule has 6 heteroatoms. The first-order chi connectivity index (χ1) is 7.23. The predicted molar refractivity (Wildman–Crippen MR) is 58.1 cm³/mol. The summed E-state index contributed by atoms with van der Waals surface area (Å²) >= 11 is 0. The number of rotatable bonds is 3. The Morgan fingerprint density at radius 1 is 1.44 bits per heavy atom. The lowest BCUT2D eigenvalue weighted by molar-refractivity contribution is 0.149. The van der Waals surface area contributed by atoms with Crippen molar-refractivity contribution in [1.29, 1.82) is 0 Å². The fourth-order valence-electron chi connectivity index (χ4n) is 1.26. The molecule has 0 aliphatic carbocycles. The molecule has 0 spiro atoms. The van der Waals surface area contributed by atoms with Crippen LogP contribution in [-0.2, 0) is 9.84 Å². The normalized spacial score (nSPS) is 15.8. The van der Waals surface area contributed by atoms with E-state index in [1.807, 2.05) is 0 Å². The minimum absolute atomic E-state index is 0.00222. The van der Waals surface area contributed by atoms with E-state index in [1.54, 1.807) is 0 Å². The third-order valence-corrected chi connectivity index (χ3v) is 3.33. The molecule has 1 aromatic rings. The summed E-state index contributed by atoms with van der Waals surface area (Å²) in [5, 5.41) is 9.56. The van der Waals surface area contributed by atoms with Crippen LogP contribution in [0.1, 0.15) is 18.6 Å². The topological polar surface area (TPSA) is 80.4 Å². The van der Waals surface area contributed by atoms with Gasteiger partial charge in [0.25, 0.3) is 0 Å². The van der Waals surface area contributed by atoms with Crippen molar-refractivity contribution >= 4 is 9.84 Å². The standard InChI is InChI=1S/C10H14FNO3S/c1-6(12)10(13)8-4-3-7(5-9(8)11)16(2,14)15/h3-6,10,13H,12H2,1-2H3. The van der Waals surface area contributed by atoms with Crippen LogP contribution in [0.3, 0.4) is 0 Å². The van der Waals surface area contributed by atoms with Gasteiger partial charge in [-0.05, 0) is 19.1 Å². The number of nitrogens with two attached hydrogens (primary N) is 1. The summed E-state index contributed by atoms with van der Waals surface area (Å²) in [5.41, 5.74) is 5.43. The highest BCUT2D eigenvalue weighted by molar-refractivity contribution is 7.90. The fraction of sp³-hybridized carbons (Fsp3) is 0.400. The highest BCUT2D eigenvalue weighted by atomic mass is 32.2. The van der Waals surface area contributed by atoms with Gasteiger partial charge in [-0.15, -0.1) is 0 Å². The molecular formula is C10H14FNO3S. The lowest BCUT2D eigenvalue weighted by Gasteiger charge is -2.15. The van der Waals surface area contributed by atoms with Gasteiger partial charge in [0.15, 0.2) is 9.84 Å². The van der Waals surface area contributed by atoms with Crippen molar-refractivity contribution in [2.75, 3.05) is 6.26 Å². The van der Waals surface area contributed by atoms with Gasteiger partial charge in [0, 0.05) is 17.9 Å². The minimum atomic E-state index is -3.44. The third-order valence-electron chi connectivity index (χ3n) is 2.22. The van der Waals surface area contributed by atoms with Gasteiger partial charge < -0.3 is 10.8 Å². The summed E-state index contributed by atoms with van der Waals surface area (Å²) in [6.45, 7) is 1.54. The number of sulfone groups is 1. The molecule has 16 heavy (non-hydrogen) atoms. The van der Waals surface area contributed by atoms with Gasteiger partial charge in [0.2, 0.25) is 0 Å². The Kier molecular flexibility index (Phi) is 3.67. The number of aliphatic hydroxyl groups is 1. The first-order valence-electron chi connectivity index (χ1n) is 4.66. The summed E-state index contributed by atoms with van der Waals surface area (Å²) in [6, 6.07) is 2.74. The van der Waals surface area contributed by atoms with E-state index in [0.717, 1.165) is 12.3 Å². The van der Waals surface area contributed by atoms with Gasteiger partial charge >= 0.3 is 0 Å². The zero-order valence-electron chi connectivity index (χ0n) is 9.01. The molecule has 1 rings (SSSR count). The van der Waals surface area contributed by atoms with E-state index in [9.17, 15) is 17.9 Å². The molecule has 0 saturated carbocycles. The van der Waals surface area contributed by atoms with Crippen molar-refractivity contribution in [3.05, 3.63) is 29.6 Å². The SMILES string of the molecule is CC(N)C(O)c1ccc(S(C)(=O)=O)cc1F. The van der Waals surface area contributed by atoms with Crippen LogP contribution in [0.5, 0.6) is 0 Å². The van der Waals surface area contributed by atoms with Gasteiger partial charge in [-0.2, -0.15) is 0 Å². The summed E-state index contributed by atoms with van der Waals surface area (Å²) in [5.74, 6) is -0.771. The lowest BCUT2D eigenvalue weighted by atomic mass is 10.0. The largest absolute Gasteiger partial charge is 0.387 e. The molecule has 3 N–H and O–H groups in total. The summed E-state index contributed by atoms with van der Waals surface area (Å²) in [6.07, 6.45) is -0.155. The van der Waals surface area contributed by atoms with E-state index in [2.05, 4.69) is 0 Å². The zero-order valence-corrected chi connectivity index (χ0v) is 9.83. The second kappa shape index (κ2) is 4.48. The molecule has 0 aromatic heterocycles. The Bertz CT molecular complexity index is 485. The van der Waals surface area contributed by atoms with E-state index in [-0.39, 0.29) is 10.5 Å². The van der Waals surface area contributed by atoms with Crippen molar-refractivity contribution in [2.24, 2.45) is 5.73 Å². The highest BCUT2D eigenvalue weighted by Crippen LogP contribution is 2.22. The molecule has 0 aliphatic heterocycles. The molecule has 0 heterocycles. The molecule has 0 fully saturated rings. The molecule has 0 aliphatic rings. The average molecular weight is 247 g/mol. The predicted octanol–water partition coefficient (Wildman–Crippen LogP) is 0.610. The third kappa shape index (κ3) is 2.78. The zero-order chi connectivity index (χ0) is 12.5. The Hall–Kier alpha value is -0.980. The highest BCUT2D eigenvalue weighted by Gasteiger charge is 2.18. The van der Waals surface area contributed by atoms with Crippen LogP contribution in [0.25, 0.3) is 0 Å². The molecule has 0 amide bonds. The number of hydrogen-bond acceptors (Lipinski definition) is 4. The molecule has 0 radical (unpaired) electrons. The second-order valence-corrected chi connectivity index (χ2v) is 5.78. The van der Waals surface area contributed by atoms with Crippen LogP contribution < -0.4 is 5.73 Å². The molecule has 0 saturated heterocycles. The second-order valence-electron chi connectivity index (χ2n) is 3.76. The first-order valence-corrected chi connectivity index (χ1v) is 6.56. The maximum absolute atomic E-state index is 13.5.